The van der Waals surface area contributed by atoms with Crippen LogP contribution in [-0.2, 0) is 12.3 Å². The van der Waals surface area contributed by atoms with Crippen LogP contribution in [0.1, 0.15) is 31.3 Å². The van der Waals surface area contributed by atoms with Gasteiger partial charge in [0.1, 0.15) is 5.82 Å². The maximum atomic E-state index is 6.06. The minimum Gasteiger partial charge on any atom is -0.311 e. The molecule has 1 aromatic rings. The van der Waals surface area contributed by atoms with Crippen molar-refractivity contribution in [1.82, 2.24) is 9.66 Å². The van der Waals surface area contributed by atoms with Crippen LogP contribution in [0.25, 0.3) is 0 Å². The van der Waals surface area contributed by atoms with Gasteiger partial charge in [0.05, 0.1) is 11.6 Å². The van der Waals surface area contributed by atoms with Gasteiger partial charge in [-0.05, 0) is 30.3 Å². The smallest absolute Gasteiger partial charge is 0.175 e. The van der Waals surface area contributed by atoms with Crippen LogP contribution in [0.3, 0.4) is 0 Å². The number of fused-ring (bicyclic) bond motifs is 1. The number of aliphatic imine (C=N–C) groups is 1. The molecule has 0 unspecified atom stereocenters. The van der Waals surface area contributed by atoms with Crippen molar-refractivity contribution in [2.75, 3.05) is 30.1 Å². The van der Waals surface area contributed by atoms with Crippen LogP contribution in [0.2, 0.25) is 0 Å². The summed E-state index contributed by atoms with van der Waals surface area (Å²) >= 11 is 8.01. The standard InChI is InChI=1S/C14H21ClN4S/c1-14(10-20-2)4-7-18(8-5-14)19-11-3-6-16-13(11)17-12(19)9-15/h6H,3-5,7-10H2,1-2H3. The molecule has 6 heteroatoms. The van der Waals surface area contributed by atoms with Gasteiger partial charge < -0.3 is 5.01 Å². The fourth-order valence-corrected chi connectivity index (χ4v) is 4.29. The van der Waals surface area contributed by atoms with Crippen LogP contribution in [0, 0.1) is 5.41 Å². The zero-order valence-corrected chi connectivity index (χ0v) is 13.7. The maximum Gasteiger partial charge on any atom is 0.175 e. The second-order valence-corrected chi connectivity index (χ2v) is 7.09. The molecule has 0 amide bonds. The Labute approximate surface area is 129 Å². The van der Waals surface area contributed by atoms with Crippen LogP contribution in [-0.4, -0.2) is 41.0 Å². The third-order valence-electron chi connectivity index (χ3n) is 4.33. The number of halogens is 1. The Kier molecular flexibility index (Phi) is 4.00. The lowest BCUT2D eigenvalue weighted by atomic mass is 9.83. The zero-order chi connectivity index (χ0) is 14.2. The van der Waals surface area contributed by atoms with Gasteiger partial charge in [-0.3, -0.25) is 0 Å². The summed E-state index contributed by atoms with van der Waals surface area (Å²) in [7, 11) is 0. The Bertz CT molecular complexity index is 517. The molecule has 1 aromatic heterocycles. The molecule has 110 valence electrons. The first kappa shape index (κ1) is 14.3. The summed E-state index contributed by atoms with van der Waals surface area (Å²) in [4.78, 5) is 8.88. The molecule has 0 N–H and O–H groups in total. The monoisotopic (exact) mass is 312 g/mol. The summed E-state index contributed by atoms with van der Waals surface area (Å²) in [6.45, 7) is 4.55. The van der Waals surface area contributed by atoms with Gasteiger partial charge in [0.2, 0.25) is 0 Å². The molecule has 2 aliphatic heterocycles. The van der Waals surface area contributed by atoms with Gasteiger partial charge in [-0.1, -0.05) is 6.92 Å². The van der Waals surface area contributed by atoms with Crippen molar-refractivity contribution in [3.05, 3.63) is 11.5 Å². The molecular formula is C14H21ClN4S. The summed E-state index contributed by atoms with van der Waals surface area (Å²) in [6.07, 6.45) is 7.46. The molecule has 1 fully saturated rings. The number of imidazole rings is 1. The summed E-state index contributed by atoms with van der Waals surface area (Å²) in [5.41, 5.74) is 1.67. The normalized spacial score (nSPS) is 20.4. The van der Waals surface area contributed by atoms with Crippen molar-refractivity contribution in [2.45, 2.75) is 32.1 Å². The molecule has 0 atom stereocenters. The van der Waals surface area contributed by atoms with E-state index in [1.807, 2.05) is 18.0 Å². The molecular weight excluding hydrogens is 292 g/mol. The van der Waals surface area contributed by atoms with E-state index < -0.39 is 0 Å². The van der Waals surface area contributed by atoms with E-state index in [2.05, 4.69) is 32.8 Å². The number of rotatable bonds is 4. The Balaban J connectivity index is 1.79. The van der Waals surface area contributed by atoms with E-state index in [9.17, 15) is 0 Å². The Morgan fingerprint density at radius 3 is 2.80 bits per heavy atom. The number of piperidine rings is 1. The van der Waals surface area contributed by atoms with Crippen molar-refractivity contribution in [1.29, 1.82) is 0 Å². The second-order valence-electron chi connectivity index (χ2n) is 5.96. The van der Waals surface area contributed by atoms with E-state index in [1.165, 1.54) is 24.3 Å². The average Bonchev–Trinajstić information content (AvgIpc) is 3.00. The Morgan fingerprint density at radius 2 is 2.15 bits per heavy atom. The summed E-state index contributed by atoms with van der Waals surface area (Å²) in [5.74, 6) is 3.48. The van der Waals surface area contributed by atoms with Crippen molar-refractivity contribution < 1.29 is 0 Å². The fourth-order valence-electron chi connectivity index (χ4n) is 3.13. The minimum absolute atomic E-state index is 0.446. The van der Waals surface area contributed by atoms with Gasteiger partial charge in [0.25, 0.3) is 0 Å². The van der Waals surface area contributed by atoms with Gasteiger partial charge in [-0.25, -0.2) is 14.7 Å². The molecule has 20 heavy (non-hydrogen) atoms. The van der Waals surface area contributed by atoms with E-state index in [1.54, 1.807) is 0 Å². The summed E-state index contributed by atoms with van der Waals surface area (Å²) in [6, 6.07) is 0. The molecule has 2 aliphatic rings. The van der Waals surface area contributed by atoms with Gasteiger partial charge in [-0.15, -0.1) is 11.6 Å². The lowest BCUT2D eigenvalue weighted by molar-refractivity contribution is 0.261. The van der Waals surface area contributed by atoms with E-state index in [4.69, 9.17) is 11.6 Å². The number of thioether (sulfide) groups is 1. The highest BCUT2D eigenvalue weighted by Crippen LogP contribution is 2.35. The van der Waals surface area contributed by atoms with Crippen LogP contribution < -0.4 is 5.01 Å². The summed E-state index contributed by atoms with van der Waals surface area (Å²) < 4.78 is 2.23. The quantitative estimate of drug-likeness (QED) is 0.801. The predicted molar refractivity (Wildman–Crippen MR) is 87.3 cm³/mol. The molecule has 0 spiro atoms. The van der Waals surface area contributed by atoms with Crippen molar-refractivity contribution in [3.63, 3.8) is 0 Å². The summed E-state index contributed by atoms with van der Waals surface area (Å²) in [5, 5.41) is 2.40. The zero-order valence-electron chi connectivity index (χ0n) is 12.1. The van der Waals surface area contributed by atoms with Crippen LogP contribution in [0.5, 0.6) is 0 Å². The van der Waals surface area contributed by atoms with Crippen molar-refractivity contribution >= 4 is 35.4 Å². The molecule has 0 bridgehead atoms. The first-order valence-corrected chi connectivity index (χ1v) is 9.03. The first-order valence-electron chi connectivity index (χ1n) is 7.10. The van der Waals surface area contributed by atoms with E-state index in [0.29, 0.717) is 11.3 Å². The highest BCUT2D eigenvalue weighted by Gasteiger charge is 2.32. The molecule has 0 saturated carbocycles. The molecule has 0 aliphatic carbocycles. The topological polar surface area (TPSA) is 33.4 Å². The van der Waals surface area contributed by atoms with Gasteiger partial charge in [0.15, 0.2) is 5.82 Å². The highest BCUT2D eigenvalue weighted by atomic mass is 35.5. The number of alkyl halides is 1. The number of hydrogen-bond donors (Lipinski definition) is 0. The van der Waals surface area contributed by atoms with Crippen LogP contribution >= 0.6 is 23.4 Å². The SMILES string of the molecule is CSCC1(C)CCN(n2c(CCl)nc3c2CC=N3)CC1. The maximum absolute atomic E-state index is 6.06. The molecule has 0 aromatic carbocycles. The van der Waals surface area contributed by atoms with Gasteiger partial charge in [-0.2, -0.15) is 11.8 Å². The fraction of sp³-hybridized carbons (Fsp3) is 0.714. The van der Waals surface area contributed by atoms with Crippen molar-refractivity contribution in [3.8, 4) is 0 Å². The molecule has 3 rings (SSSR count). The third kappa shape index (κ3) is 2.46. The minimum atomic E-state index is 0.446. The lowest BCUT2D eigenvalue weighted by Crippen LogP contribution is -2.47. The molecule has 0 radical (unpaired) electrons. The van der Waals surface area contributed by atoms with E-state index in [0.717, 1.165) is 31.2 Å². The Morgan fingerprint density at radius 1 is 1.40 bits per heavy atom. The third-order valence-corrected chi connectivity index (χ3v) is 5.56. The van der Waals surface area contributed by atoms with Crippen molar-refractivity contribution in [2.24, 2.45) is 10.4 Å². The lowest BCUT2D eigenvalue weighted by Gasteiger charge is -2.41. The van der Waals surface area contributed by atoms with Gasteiger partial charge in [0, 0.05) is 25.7 Å². The molecule has 3 heterocycles. The average molecular weight is 313 g/mol. The predicted octanol–water partition coefficient (Wildman–Crippen LogP) is 2.98. The first-order chi connectivity index (χ1) is 9.67. The number of aromatic nitrogens is 2. The van der Waals surface area contributed by atoms with Gasteiger partial charge >= 0.3 is 0 Å². The number of nitrogens with zero attached hydrogens (tertiary/aromatic N) is 4. The highest BCUT2D eigenvalue weighted by molar-refractivity contribution is 7.98. The van der Waals surface area contributed by atoms with Crippen LogP contribution in [0.15, 0.2) is 4.99 Å². The molecule has 4 nitrogen and oxygen atoms in total. The largest absolute Gasteiger partial charge is 0.311 e. The van der Waals surface area contributed by atoms with Crippen LogP contribution in [0.4, 0.5) is 5.82 Å². The molecule has 1 saturated heterocycles. The second kappa shape index (κ2) is 5.60. The van der Waals surface area contributed by atoms with E-state index in [-0.39, 0.29) is 0 Å². The Hall–Kier alpha value is -0.680. The van der Waals surface area contributed by atoms with E-state index >= 15 is 0 Å². The number of hydrogen-bond acceptors (Lipinski definition) is 4.